The van der Waals surface area contributed by atoms with Gasteiger partial charge in [0.15, 0.2) is 0 Å². The van der Waals surface area contributed by atoms with Crippen LogP contribution in [0.15, 0.2) is 60.7 Å². The number of anilines is 1. The van der Waals surface area contributed by atoms with Crippen LogP contribution in [-0.4, -0.2) is 43.5 Å². The average Bonchev–Trinajstić information content (AvgIpc) is 2.89. The molecule has 1 aliphatic rings. The smallest absolute Gasteiger partial charge is 0.254 e. The second kappa shape index (κ2) is 11.1. The summed E-state index contributed by atoms with van der Waals surface area (Å²) in [6.07, 6.45) is 3.23. The third kappa shape index (κ3) is 5.33. The molecule has 0 unspecified atom stereocenters. The van der Waals surface area contributed by atoms with Crippen molar-refractivity contribution in [2.45, 2.75) is 32.6 Å². The number of piperidine rings is 1. The Kier molecular flexibility index (Phi) is 7.68. The van der Waals surface area contributed by atoms with Crippen molar-refractivity contribution in [3.63, 3.8) is 0 Å². The van der Waals surface area contributed by atoms with Crippen LogP contribution in [0.2, 0.25) is 0 Å². The van der Waals surface area contributed by atoms with E-state index in [-0.39, 0.29) is 17.7 Å². The maximum Gasteiger partial charge on any atom is 0.254 e. The van der Waals surface area contributed by atoms with Crippen LogP contribution in [0.5, 0.6) is 11.5 Å². The van der Waals surface area contributed by atoms with E-state index in [1.807, 2.05) is 59.5 Å². The van der Waals surface area contributed by atoms with E-state index in [4.69, 9.17) is 9.47 Å². The molecule has 4 rings (SSSR count). The predicted molar refractivity (Wildman–Crippen MR) is 135 cm³/mol. The monoisotopic (exact) mass is 460 g/mol. The van der Waals surface area contributed by atoms with Crippen molar-refractivity contribution in [2.24, 2.45) is 5.92 Å². The lowest BCUT2D eigenvalue weighted by molar-refractivity contribution is -0.121. The number of rotatable bonds is 8. The number of unbranched alkanes of at least 4 members (excludes halogenated alkanes) is 1. The molecule has 34 heavy (non-hydrogen) atoms. The Balaban J connectivity index is 1.40. The fraction of sp³-hybridized carbons (Fsp3) is 0.357. The molecule has 1 heterocycles. The lowest BCUT2D eigenvalue weighted by atomic mass is 9.94. The number of ether oxygens (including phenoxy) is 2. The van der Waals surface area contributed by atoms with Crippen molar-refractivity contribution < 1.29 is 19.1 Å². The molecule has 2 amide bonds. The molecule has 0 saturated carbocycles. The van der Waals surface area contributed by atoms with Crippen molar-refractivity contribution in [3.05, 3.63) is 66.2 Å². The summed E-state index contributed by atoms with van der Waals surface area (Å²) in [4.78, 5) is 28.1. The third-order valence-corrected chi connectivity index (χ3v) is 6.37. The van der Waals surface area contributed by atoms with Crippen LogP contribution < -0.4 is 14.8 Å². The highest BCUT2D eigenvalue weighted by molar-refractivity contribution is 6.07. The van der Waals surface area contributed by atoms with Gasteiger partial charge < -0.3 is 19.7 Å². The molecule has 3 aromatic carbocycles. The fourth-order valence-electron chi connectivity index (χ4n) is 4.35. The van der Waals surface area contributed by atoms with E-state index in [0.717, 1.165) is 23.6 Å². The topological polar surface area (TPSA) is 67.9 Å². The first kappa shape index (κ1) is 23.6. The number of nitrogens with zero attached hydrogens (tertiary/aromatic N) is 1. The minimum Gasteiger partial charge on any atom is -0.497 e. The van der Waals surface area contributed by atoms with Gasteiger partial charge in [0.25, 0.3) is 5.91 Å². The van der Waals surface area contributed by atoms with Crippen LogP contribution in [0.25, 0.3) is 10.8 Å². The van der Waals surface area contributed by atoms with Gasteiger partial charge in [-0.25, -0.2) is 0 Å². The van der Waals surface area contributed by atoms with Gasteiger partial charge in [0, 0.05) is 30.6 Å². The van der Waals surface area contributed by atoms with Gasteiger partial charge in [-0.05, 0) is 48.2 Å². The minimum atomic E-state index is -0.161. The summed E-state index contributed by atoms with van der Waals surface area (Å²) in [5.41, 5.74) is 1.33. The van der Waals surface area contributed by atoms with Crippen molar-refractivity contribution in [2.75, 3.05) is 32.1 Å². The molecule has 0 radical (unpaired) electrons. The summed E-state index contributed by atoms with van der Waals surface area (Å²) in [5.74, 6) is 1.12. The van der Waals surface area contributed by atoms with Crippen LogP contribution in [0.1, 0.15) is 43.0 Å². The molecule has 1 N–H and O–H groups in total. The molecule has 1 saturated heterocycles. The number of carbonyl (C=O) groups is 2. The molecule has 1 fully saturated rings. The van der Waals surface area contributed by atoms with Gasteiger partial charge in [0.1, 0.15) is 11.5 Å². The molecular formula is C28H32N2O4. The van der Waals surface area contributed by atoms with E-state index in [1.165, 1.54) is 0 Å². The second-order valence-corrected chi connectivity index (χ2v) is 8.65. The minimum absolute atomic E-state index is 0.0232. The first-order valence-electron chi connectivity index (χ1n) is 12.0. The number of carbonyl (C=O) groups excluding carboxylic acids is 2. The first-order chi connectivity index (χ1) is 16.6. The number of methoxy groups -OCH3 is 1. The third-order valence-electron chi connectivity index (χ3n) is 6.37. The van der Waals surface area contributed by atoms with Gasteiger partial charge in [-0.2, -0.15) is 0 Å². The Morgan fingerprint density at radius 3 is 2.56 bits per heavy atom. The fourth-order valence-corrected chi connectivity index (χ4v) is 4.35. The lowest BCUT2D eigenvalue weighted by Crippen LogP contribution is -2.41. The van der Waals surface area contributed by atoms with Gasteiger partial charge in [-0.15, -0.1) is 0 Å². The SMILES string of the molecule is CCCCOc1ccc(OC)cc1NC(=O)C1CCN(C(=O)c2cccc3ccccc23)CC1. The van der Waals surface area contributed by atoms with Crippen molar-refractivity contribution >= 4 is 28.3 Å². The lowest BCUT2D eigenvalue weighted by Gasteiger charge is -2.31. The number of hydrogen-bond acceptors (Lipinski definition) is 4. The summed E-state index contributed by atoms with van der Waals surface area (Å²) >= 11 is 0. The van der Waals surface area contributed by atoms with Crippen LogP contribution in [0.3, 0.4) is 0 Å². The van der Waals surface area contributed by atoms with Gasteiger partial charge >= 0.3 is 0 Å². The van der Waals surface area contributed by atoms with Crippen molar-refractivity contribution in [1.82, 2.24) is 4.90 Å². The molecule has 0 atom stereocenters. The Hall–Kier alpha value is -3.54. The molecule has 3 aromatic rings. The number of hydrogen-bond donors (Lipinski definition) is 1. The molecule has 6 heteroatoms. The summed E-state index contributed by atoms with van der Waals surface area (Å²) in [5, 5.41) is 5.05. The van der Waals surface area contributed by atoms with E-state index >= 15 is 0 Å². The Bertz CT molecular complexity index is 1150. The van der Waals surface area contributed by atoms with E-state index < -0.39 is 0 Å². The number of benzene rings is 3. The van der Waals surface area contributed by atoms with Gasteiger partial charge in [-0.3, -0.25) is 9.59 Å². The maximum absolute atomic E-state index is 13.2. The van der Waals surface area contributed by atoms with E-state index in [2.05, 4.69) is 12.2 Å². The Morgan fingerprint density at radius 1 is 1.03 bits per heavy atom. The highest BCUT2D eigenvalue weighted by atomic mass is 16.5. The van der Waals surface area contributed by atoms with Crippen LogP contribution >= 0.6 is 0 Å². The molecule has 0 spiro atoms. The summed E-state index contributed by atoms with van der Waals surface area (Å²) < 4.78 is 11.2. The largest absolute Gasteiger partial charge is 0.497 e. The zero-order valence-electron chi connectivity index (χ0n) is 19.9. The van der Waals surface area contributed by atoms with Gasteiger partial charge in [-0.1, -0.05) is 49.7 Å². The number of amides is 2. The first-order valence-corrected chi connectivity index (χ1v) is 12.0. The standard InChI is InChI=1S/C28H32N2O4/c1-3-4-18-34-26-13-12-22(33-2)19-25(26)29-27(31)21-14-16-30(17-15-21)28(32)24-11-7-9-20-8-5-6-10-23(20)24/h5-13,19,21H,3-4,14-18H2,1-2H3,(H,29,31). The van der Waals surface area contributed by atoms with Crippen LogP contribution in [0, 0.1) is 5.92 Å². The highest BCUT2D eigenvalue weighted by Crippen LogP contribution is 2.31. The zero-order chi connectivity index (χ0) is 23.9. The van der Waals surface area contributed by atoms with Crippen LogP contribution in [-0.2, 0) is 4.79 Å². The normalized spacial score (nSPS) is 14.1. The number of nitrogens with one attached hydrogen (secondary N) is 1. The van der Waals surface area contributed by atoms with E-state index in [0.29, 0.717) is 55.3 Å². The molecule has 0 aliphatic carbocycles. The van der Waals surface area contributed by atoms with Crippen LogP contribution in [0.4, 0.5) is 5.69 Å². The van der Waals surface area contributed by atoms with Gasteiger partial charge in [0.2, 0.25) is 5.91 Å². The second-order valence-electron chi connectivity index (χ2n) is 8.65. The average molecular weight is 461 g/mol. The molecule has 1 aliphatic heterocycles. The molecule has 0 bridgehead atoms. The molecule has 178 valence electrons. The summed E-state index contributed by atoms with van der Waals surface area (Å²) in [6.45, 7) is 3.81. The van der Waals surface area contributed by atoms with Crippen molar-refractivity contribution in [3.8, 4) is 11.5 Å². The Morgan fingerprint density at radius 2 is 1.79 bits per heavy atom. The quantitative estimate of drug-likeness (QED) is 0.450. The predicted octanol–water partition coefficient (Wildman–Crippen LogP) is 5.52. The molecule has 6 nitrogen and oxygen atoms in total. The number of fused-ring (bicyclic) bond motifs is 1. The summed E-state index contributed by atoms with van der Waals surface area (Å²) in [7, 11) is 1.60. The van der Waals surface area contributed by atoms with E-state index in [1.54, 1.807) is 13.2 Å². The molecule has 0 aromatic heterocycles. The molecular weight excluding hydrogens is 428 g/mol. The number of likely N-dealkylation sites (tertiary alicyclic amines) is 1. The van der Waals surface area contributed by atoms with Gasteiger partial charge in [0.05, 0.1) is 19.4 Å². The highest BCUT2D eigenvalue weighted by Gasteiger charge is 2.29. The maximum atomic E-state index is 13.2. The summed E-state index contributed by atoms with van der Waals surface area (Å²) in [6, 6.07) is 19.2. The Labute approximate surface area is 200 Å². The van der Waals surface area contributed by atoms with Crippen molar-refractivity contribution in [1.29, 1.82) is 0 Å². The van der Waals surface area contributed by atoms with E-state index in [9.17, 15) is 9.59 Å². The zero-order valence-corrected chi connectivity index (χ0v) is 19.9.